The molecular weight excluding hydrogens is 1010 g/mol. The van der Waals surface area contributed by atoms with Crippen molar-refractivity contribution >= 4 is 46.6 Å². The fourth-order valence-corrected chi connectivity index (χ4v) is 11.5. The molecule has 0 aliphatic carbocycles. The topological polar surface area (TPSA) is 105 Å². The molecule has 0 N–H and O–H groups in total. The zero-order valence-electron chi connectivity index (χ0n) is 46.8. The van der Waals surface area contributed by atoms with E-state index in [4.69, 9.17) is 18.9 Å². The first-order valence-electron chi connectivity index (χ1n) is 29.7. The first-order chi connectivity index (χ1) is 38.3. The summed E-state index contributed by atoms with van der Waals surface area (Å²) in [7, 11) is 0. The van der Waals surface area contributed by atoms with Crippen LogP contribution in [0.1, 0.15) is 243 Å². The van der Waals surface area contributed by atoms with Crippen molar-refractivity contribution in [3.8, 4) is 34.1 Å². The molecule has 0 radical (unpaired) electrons. The number of hydrogen-bond donors (Lipinski definition) is 0. The van der Waals surface area contributed by atoms with Crippen molar-refractivity contribution in [1.82, 2.24) is 0 Å². The normalized spacial score (nSPS) is 11.2. The molecule has 2 aromatic heterocycles. The van der Waals surface area contributed by atoms with Crippen LogP contribution in [0.2, 0.25) is 0 Å². The molecule has 10 heteroatoms. The summed E-state index contributed by atoms with van der Waals surface area (Å²) in [5.41, 5.74) is 2.25. The van der Waals surface area contributed by atoms with Crippen molar-refractivity contribution < 1.29 is 38.1 Å². The van der Waals surface area contributed by atoms with E-state index < -0.39 is 23.9 Å². The van der Waals surface area contributed by atoms with Gasteiger partial charge in [-0.25, -0.2) is 19.2 Å². The van der Waals surface area contributed by atoms with Gasteiger partial charge in [-0.3, -0.25) is 0 Å². The Morgan fingerprint density at radius 2 is 0.628 bits per heavy atom. The van der Waals surface area contributed by atoms with E-state index in [-0.39, 0.29) is 0 Å². The summed E-state index contributed by atoms with van der Waals surface area (Å²) in [5, 5.41) is 0. The van der Waals surface area contributed by atoms with Gasteiger partial charge in [-0.05, 0) is 134 Å². The van der Waals surface area contributed by atoms with E-state index in [9.17, 15) is 19.2 Å². The average molecular weight is 1100 g/mol. The highest BCUT2D eigenvalue weighted by atomic mass is 32.1. The van der Waals surface area contributed by atoms with Gasteiger partial charge in [0.25, 0.3) is 0 Å². The molecule has 2 heterocycles. The van der Waals surface area contributed by atoms with Crippen LogP contribution in [0, 0.1) is 0 Å². The summed E-state index contributed by atoms with van der Waals surface area (Å²) in [6.07, 6.45) is 39.2. The van der Waals surface area contributed by atoms with Gasteiger partial charge in [-0.15, -0.1) is 22.7 Å². The molecule has 418 valence electrons. The van der Waals surface area contributed by atoms with Crippen LogP contribution in [-0.2, 0) is 12.8 Å². The number of rotatable bonds is 39. The second-order valence-corrected chi connectivity index (χ2v) is 23.2. The highest BCUT2D eigenvalue weighted by molar-refractivity contribution is 7.14. The maximum atomic E-state index is 13.2. The molecule has 0 saturated heterocycles. The maximum absolute atomic E-state index is 13.2. The highest BCUT2D eigenvalue weighted by Gasteiger charge is 2.17. The van der Waals surface area contributed by atoms with Crippen molar-refractivity contribution in [3.63, 3.8) is 0 Å². The van der Waals surface area contributed by atoms with Crippen LogP contribution in [-0.4, -0.2) is 23.9 Å². The number of benzene rings is 4. The Hall–Kier alpha value is -5.84. The molecule has 0 aliphatic rings. The molecule has 0 saturated carbocycles. The third-order valence-electron chi connectivity index (χ3n) is 14.3. The number of ether oxygens (including phenoxy) is 4. The van der Waals surface area contributed by atoms with E-state index in [1.807, 2.05) is 42.5 Å². The monoisotopic (exact) mass is 1090 g/mol. The zero-order valence-corrected chi connectivity index (χ0v) is 48.5. The molecule has 0 bridgehead atoms. The van der Waals surface area contributed by atoms with Crippen molar-refractivity contribution in [3.05, 3.63) is 152 Å². The molecular formula is C68H86O8S2. The van der Waals surface area contributed by atoms with Crippen LogP contribution < -0.4 is 18.9 Å². The Balaban J connectivity index is 0.839. The minimum absolute atomic E-state index is 0.311. The fraction of sp³-hybridized carbons (Fsp3) is 0.471. The SMILES string of the molecule is CCCCCCCCCCCCCCCCc1ccc(C(=O)Oc2ccc(C(=O)Oc3ccc(-c4cccc(OC(=O)c5ccc(OC(=O)c6ccc(CCCCCCCCCCCCCCCC)s6)cc5)c4)cc3)cc2)s1. The minimum Gasteiger partial charge on any atom is -0.423 e. The standard InChI is InChI=1S/C68H86O8S2/c1-3-5-7-9-11-13-15-17-19-21-23-25-27-29-34-61-48-50-63(77-61)67(71)74-58-44-38-54(39-45-58)65(69)73-57-42-36-53(37-43-57)56-32-31-33-60(52-56)76-66(70)55-40-46-59(47-41-55)75-68(72)64-51-49-62(78-64)35-30-28-26-24-22-20-18-16-14-12-10-8-6-4-2/h31-33,36-52H,3-30,34-35H2,1-2H3. The summed E-state index contributed by atoms with van der Waals surface area (Å²) in [6, 6.07) is 34.6. The Kier molecular flexibility index (Phi) is 28.6. The molecule has 8 nitrogen and oxygen atoms in total. The smallest absolute Gasteiger partial charge is 0.353 e. The molecule has 0 fully saturated rings. The van der Waals surface area contributed by atoms with E-state index in [2.05, 4.69) is 13.8 Å². The molecule has 6 rings (SSSR count). The Morgan fingerprint density at radius 1 is 0.308 bits per heavy atom. The molecule has 0 spiro atoms. The van der Waals surface area contributed by atoms with Gasteiger partial charge in [0.15, 0.2) is 0 Å². The summed E-state index contributed by atoms with van der Waals surface area (Å²) >= 11 is 2.96. The van der Waals surface area contributed by atoms with Gasteiger partial charge in [0, 0.05) is 9.75 Å². The third kappa shape index (κ3) is 23.2. The lowest BCUT2D eigenvalue weighted by atomic mass is 10.0. The van der Waals surface area contributed by atoms with E-state index >= 15 is 0 Å². The largest absolute Gasteiger partial charge is 0.423 e. The van der Waals surface area contributed by atoms with Gasteiger partial charge in [-0.1, -0.05) is 205 Å². The quantitative estimate of drug-likeness (QED) is 0.0214. The Labute approximate surface area is 474 Å². The summed E-state index contributed by atoms with van der Waals surface area (Å²) in [4.78, 5) is 55.6. The lowest BCUT2D eigenvalue weighted by Crippen LogP contribution is -2.09. The predicted octanol–water partition coefficient (Wildman–Crippen LogP) is 20.4. The maximum Gasteiger partial charge on any atom is 0.353 e. The van der Waals surface area contributed by atoms with Gasteiger partial charge >= 0.3 is 23.9 Å². The molecule has 6 aromatic rings. The van der Waals surface area contributed by atoms with Crippen molar-refractivity contribution in [2.75, 3.05) is 0 Å². The van der Waals surface area contributed by atoms with Crippen LogP contribution in [0.5, 0.6) is 23.0 Å². The van der Waals surface area contributed by atoms with Crippen LogP contribution in [0.4, 0.5) is 0 Å². The third-order valence-corrected chi connectivity index (χ3v) is 16.6. The van der Waals surface area contributed by atoms with Crippen molar-refractivity contribution in [1.29, 1.82) is 0 Å². The van der Waals surface area contributed by atoms with E-state index in [1.165, 1.54) is 199 Å². The van der Waals surface area contributed by atoms with E-state index in [1.54, 1.807) is 78.9 Å². The minimum atomic E-state index is -0.549. The number of carbonyl (C=O) groups excluding carboxylic acids is 4. The fourth-order valence-electron chi connectivity index (χ4n) is 9.65. The molecule has 0 atom stereocenters. The van der Waals surface area contributed by atoms with Crippen molar-refractivity contribution in [2.45, 2.75) is 206 Å². The van der Waals surface area contributed by atoms with Gasteiger partial charge in [0.2, 0.25) is 0 Å². The number of hydrogen-bond acceptors (Lipinski definition) is 10. The second kappa shape index (κ2) is 36.4. The number of aryl methyl sites for hydroxylation is 2. The van der Waals surface area contributed by atoms with Gasteiger partial charge in [0.1, 0.15) is 32.8 Å². The lowest BCUT2D eigenvalue weighted by Gasteiger charge is -2.09. The molecule has 0 amide bonds. The average Bonchev–Trinajstić information content (AvgIpc) is 4.16. The molecule has 0 aliphatic heterocycles. The van der Waals surface area contributed by atoms with E-state index in [0.717, 1.165) is 36.8 Å². The molecule has 0 unspecified atom stereocenters. The number of unbranched alkanes of at least 4 members (excludes halogenated alkanes) is 26. The number of carbonyl (C=O) groups is 4. The zero-order chi connectivity index (χ0) is 54.8. The Morgan fingerprint density at radius 3 is 1.00 bits per heavy atom. The lowest BCUT2D eigenvalue weighted by molar-refractivity contribution is 0.0722. The summed E-state index contributed by atoms with van der Waals surface area (Å²) < 4.78 is 22.7. The molecule has 78 heavy (non-hydrogen) atoms. The van der Waals surface area contributed by atoms with Gasteiger partial charge < -0.3 is 18.9 Å². The summed E-state index contributed by atoms with van der Waals surface area (Å²) in [5.74, 6) is -0.516. The first-order valence-corrected chi connectivity index (χ1v) is 31.4. The van der Waals surface area contributed by atoms with E-state index in [0.29, 0.717) is 43.9 Å². The Bertz CT molecular complexity index is 2650. The number of thiophene rings is 2. The second-order valence-electron chi connectivity index (χ2n) is 20.9. The van der Waals surface area contributed by atoms with Crippen molar-refractivity contribution in [2.24, 2.45) is 0 Å². The highest BCUT2D eigenvalue weighted by Crippen LogP contribution is 2.29. The first kappa shape index (κ1) is 61.4. The predicted molar refractivity (Wildman–Crippen MR) is 321 cm³/mol. The van der Waals surface area contributed by atoms with Crippen LogP contribution in [0.15, 0.2) is 121 Å². The van der Waals surface area contributed by atoms with Crippen LogP contribution in [0.25, 0.3) is 11.1 Å². The van der Waals surface area contributed by atoms with Gasteiger partial charge in [-0.2, -0.15) is 0 Å². The summed E-state index contributed by atoms with van der Waals surface area (Å²) in [6.45, 7) is 4.54. The van der Waals surface area contributed by atoms with Gasteiger partial charge in [0.05, 0.1) is 11.1 Å². The molecule has 4 aromatic carbocycles. The van der Waals surface area contributed by atoms with Crippen LogP contribution >= 0.6 is 22.7 Å². The van der Waals surface area contributed by atoms with Crippen LogP contribution in [0.3, 0.4) is 0 Å². The number of esters is 4.